The van der Waals surface area contributed by atoms with Crippen molar-refractivity contribution in [2.24, 2.45) is 0 Å². The number of hydrogen-bond donors (Lipinski definition) is 0. The van der Waals surface area contributed by atoms with E-state index in [-0.39, 0.29) is 10.8 Å². The summed E-state index contributed by atoms with van der Waals surface area (Å²) in [7, 11) is 0. The van der Waals surface area contributed by atoms with E-state index in [4.69, 9.17) is 0 Å². The highest BCUT2D eigenvalue weighted by molar-refractivity contribution is 6.21. The molecule has 2 aromatic heterocycles. The molecule has 48 heavy (non-hydrogen) atoms. The fraction of sp³-hybridized carbons (Fsp3) is 0.182. The predicted molar refractivity (Wildman–Crippen MR) is 199 cm³/mol. The van der Waals surface area contributed by atoms with Gasteiger partial charge in [-0.25, -0.2) is 0 Å². The van der Waals surface area contributed by atoms with Gasteiger partial charge in [-0.1, -0.05) is 102 Å². The molecule has 0 aliphatic rings. The second-order valence-electron chi connectivity index (χ2n) is 14.9. The Morgan fingerprint density at radius 3 is 1.46 bits per heavy atom. The predicted octanol–water partition coefficient (Wildman–Crippen LogP) is 11.4. The molecule has 0 amide bonds. The summed E-state index contributed by atoms with van der Waals surface area (Å²) in [5, 5.41) is 28.3. The van der Waals surface area contributed by atoms with Gasteiger partial charge in [0.15, 0.2) is 0 Å². The molecule has 8 rings (SSSR count). The SMILES string of the molecule is CC(C)(C)c1ccc2c(c1)c1cc(C(C)(C)C)ccc1n2-c1c(C#N)ccc(C#N)c1-n1c2ccccc2c2c3ccccc3ccc21. The monoisotopic (exact) mass is 620 g/mol. The summed E-state index contributed by atoms with van der Waals surface area (Å²) in [6.45, 7) is 13.4. The third kappa shape index (κ3) is 4.27. The van der Waals surface area contributed by atoms with Gasteiger partial charge in [0.2, 0.25) is 0 Å². The Bertz CT molecular complexity index is 2640. The molecule has 0 spiro atoms. The molecule has 2 heterocycles. The van der Waals surface area contributed by atoms with Crippen LogP contribution in [-0.2, 0) is 10.8 Å². The van der Waals surface area contributed by atoms with Crippen molar-refractivity contribution in [3.63, 3.8) is 0 Å². The van der Waals surface area contributed by atoms with Crippen LogP contribution in [0.1, 0.15) is 63.8 Å². The largest absolute Gasteiger partial charge is 0.306 e. The smallest absolute Gasteiger partial charge is 0.101 e. The molecule has 0 aliphatic carbocycles. The van der Waals surface area contributed by atoms with Crippen molar-refractivity contribution in [1.29, 1.82) is 10.5 Å². The lowest BCUT2D eigenvalue weighted by Gasteiger charge is -2.21. The lowest BCUT2D eigenvalue weighted by molar-refractivity contribution is 0.590. The van der Waals surface area contributed by atoms with Crippen molar-refractivity contribution in [3.05, 3.63) is 131 Å². The van der Waals surface area contributed by atoms with Gasteiger partial charge >= 0.3 is 0 Å². The number of benzene rings is 6. The van der Waals surface area contributed by atoms with E-state index in [0.717, 1.165) is 54.4 Å². The summed E-state index contributed by atoms with van der Waals surface area (Å²) in [6.07, 6.45) is 0. The zero-order chi connectivity index (χ0) is 33.5. The molecule has 0 unspecified atom stereocenters. The molecule has 4 nitrogen and oxygen atoms in total. The van der Waals surface area contributed by atoms with E-state index in [2.05, 4.69) is 154 Å². The highest BCUT2D eigenvalue weighted by Crippen LogP contribution is 2.43. The molecule has 0 bridgehead atoms. The zero-order valence-electron chi connectivity index (χ0n) is 28.2. The number of nitrogens with zero attached hydrogens (tertiary/aromatic N) is 4. The first-order valence-corrected chi connectivity index (χ1v) is 16.5. The second-order valence-corrected chi connectivity index (χ2v) is 14.9. The first kappa shape index (κ1) is 29.6. The molecule has 0 saturated carbocycles. The number of fused-ring (bicyclic) bond motifs is 8. The Balaban J connectivity index is 1.59. The summed E-state index contributed by atoms with van der Waals surface area (Å²) in [6, 6.07) is 43.2. The maximum absolute atomic E-state index is 10.8. The van der Waals surface area contributed by atoms with Crippen LogP contribution >= 0.6 is 0 Å². The molecule has 0 aliphatic heterocycles. The summed E-state index contributed by atoms with van der Waals surface area (Å²) in [4.78, 5) is 0. The summed E-state index contributed by atoms with van der Waals surface area (Å²) in [5.74, 6) is 0. The van der Waals surface area contributed by atoms with E-state index in [1.807, 2.05) is 6.07 Å². The summed E-state index contributed by atoms with van der Waals surface area (Å²) < 4.78 is 4.43. The van der Waals surface area contributed by atoms with E-state index in [1.165, 1.54) is 11.1 Å². The van der Waals surface area contributed by atoms with E-state index in [9.17, 15) is 10.5 Å². The highest BCUT2D eigenvalue weighted by Gasteiger charge is 2.27. The zero-order valence-corrected chi connectivity index (χ0v) is 28.2. The molecule has 6 aromatic carbocycles. The van der Waals surface area contributed by atoms with Gasteiger partial charge in [0.25, 0.3) is 0 Å². The van der Waals surface area contributed by atoms with Crippen LogP contribution in [0.15, 0.2) is 109 Å². The van der Waals surface area contributed by atoms with Crippen molar-refractivity contribution in [2.75, 3.05) is 0 Å². The van der Waals surface area contributed by atoms with Gasteiger partial charge in [0.05, 0.1) is 44.6 Å². The molecule has 0 atom stereocenters. The quantitative estimate of drug-likeness (QED) is 0.193. The third-order valence-corrected chi connectivity index (χ3v) is 9.90. The number of para-hydroxylation sites is 1. The molecular weight excluding hydrogens is 585 g/mol. The maximum Gasteiger partial charge on any atom is 0.101 e. The lowest BCUT2D eigenvalue weighted by atomic mass is 9.85. The van der Waals surface area contributed by atoms with Crippen molar-refractivity contribution in [1.82, 2.24) is 9.13 Å². The molecule has 0 N–H and O–H groups in total. The van der Waals surface area contributed by atoms with Gasteiger partial charge in [0, 0.05) is 21.5 Å². The fourth-order valence-electron chi connectivity index (χ4n) is 7.39. The minimum Gasteiger partial charge on any atom is -0.306 e. The second kappa shape index (κ2) is 10.3. The van der Waals surface area contributed by atoms with E-state index < -0.39 is 0 Å². The van der Waals surface area contributed by atoms with Crippen LogP contribution in [0.4, 0.5) is 0 Å². The molecule has 8 aromatic rings. The van der Waals surface area contributed by atoms with E-state index in [1.54, 1.807) is 12.1 Å². The molecule has 232 valence electrons. The van der Waals surface area contributed by atoms with Crippen LogP contribution in [0.5, 0.6) is 0 Å². The highest BCUT2D eigenvalue weighted by atomic mass is 15.1. The Kier molecular flexibility index (Phi) is 6.36. The van der Waals surface area contributed by atoms with Crippen LogP contribution in [0.25, 0.3) is 65.8 Å². The van der Waals surface area contributed by atoms with Crippen LogP contribution in [0.3, 0.4) is 0 Å². The first-order chi connectivity index (χ1) is 23.0. The Morgan fingerprint density at radius 1 is 0.458 bits per heavy atom. The van der Waals surface area contributed by atoms with Crippen molar-refractivity contribution in [2.45, 2.75) is 52.4 Å². The summed E-state index contributed by atoms with van der Waals surface area (Å²) in [5.41, 5.74) is 8.83. The third-order valence-electron chi connectivity index (χ3n) is 9.90. The Morgan fingerprint density at radius 2 is 0.917 bits per heavy atom. The minimum atomic E-state index is -0.0420. The van der Waals surface area contributed by atoms with Crippen LogP contribution in [0.2, 0.25) is 0 Å². The molecule has 4 heteroatoms. The lowest BCUT2D eigenvalue weighted by Crippen LogP contribution is -2.11. The molecule has 0 radical (unpaired) electrons. The topological polar surface area (TPSA) is 57.4 Å². The number of rotatable bonds is 2. The van der Waals surface area contributed by atoms with Crippen molar-refractivity contribution in [3.8, 4) is 23.5 Å². The number of hydrogen-bond acceptors (Lipinski definition) is 2. The molecule has 0 saturated heterocycles. The molecule has 0 fully saturated rings. The summed E-state index contributed by atoms with van der Waals surface area (Å²) >= 11 is 0. The average molecular weight is 621 g/mol. The van der Waals surface area contributed by atoms with E-state index in [0.29, 0.717) is 22.5 Å². The van der Waals surface area contributed by atoms with Crippen molar-refractivity contribution >= 4 is 54.4 Å². The molecular formula is C44H36N4. The maximum atomic E-state index is 10.8. The van der Waals surface area contributed by atoms with Crippen LogP contribution in [-0.4, -0.2) is 9.13 Å². The Labute approximate surface area is 280 Å². The van der Waals surface area contributed by atoms with Crippen molar-refractivity contribution < 1.29 is 0 Å². The van der Waals surface area contributed by atoms with Crippen LogP contribution in [0, 0.1) is 22.7 Å². The van der Waals surface area contributed by atoms with Gasteiger partial charge in [-0.3, -0.25) is 0 Å². The van der Waals surface area contributed by atoms with Gasteiger partial charge < -0.3 is 9.13 Å². The standard InChI is InChI=1S/C44H36N4/c1-43(2,3)30-18-21-37-34(23-30)35-24-31(44(4,5)6)19-22-38(35)47(37)41-28(25-45)15-16-29(26-46)42(41)48-36-14-10-9-13-33(36)40-32-12-8-7-11-27(32)17-20-39(40)48/h7-24H,1-6H3. The van der Waals surface area contributed by atoms with Gasteiger partial charge in [-0.2, -0.15) is 10.5 Å². The fourth-order valence-corrected chi connectivity index (χ4v) is 7.39. The minimum absolute atomic E-state index is 0.0420. The number of nitriles is 2. The first-order valence-electron chi connectivity index (χ1n) is 16.5. The average Bonchev–Trinajstić information content (AvgIpc) is 3.59. The van der Waals surface area contributed by atoms with Gasteiger partial charge in [0.1, 0.15) is 12.1 Å². The Hall–Kier alpha value is -5.84. The van der Waals surface area contributed by atoms with Gasteiger partial charge in [-0.05, 0) is 81.3 Å². The van der Waals surface area contributed by atoms with E-state index >= 15 is 0 Å². The number of aromatic nitrogens is 2. The van der Waals surface area contributed by atoms with Crippen LogP contribution < -0.4 is 0 Å². The normalized spacial score (nSPS) is 12.3. The van der Waals surface area contributed by atoms with Gasteiger partial charge in [-0.15, -0.1) is 0 Å².